The highest BCUT2D eigenvalue weighted by Gasteiger charge is 2.53. The predicted molar refractivity (Wildman–Crippen MR) is 107 cm³/mol. The molecule has 4 bridgehead atoms. The summed E-state index contributed by atoms with van der Waals surface area (Å²) in [6.45, 7) is 0. The summed E-state index contributed by atoms with van der Waals surface area (Å²) in [5.74, 6) is 1.43. The second-order valence-electron chi connectivity index (χ2n) is 9.03. The van der Waals surface area contributed by atoms with Gasteiger partial charge in [-0.1, -0.05) is 18.2 Å². The molecule has 4 fully saturated rings. The Morgan fingerprint density at radius 3 is 2.38 bits per heavy atom. The van der Waals surface area contributed by atoms with Crippen LogP contribution < -0.4 is 11.1 Å². The summed E-state index contributed by atoms with van der Waals surface area (Å²) >= 11 is 0. The van der Waals surface area contributed by atoms with Gasteiger partial charge in [-0.25, -0.2) is 9.59 Å². The lowest BCUT2D eigenvalue weighted by atomic mass is 9.54. The minimum atomic E-state index is -0.858. The van der Waals surface area contributed by atoms with Crippen LogP contribution in [-0.2, 0) is 20.7 Å². The lowest BCUT2D eigenvalue weighted by Crippen LogP contribution is -2.55. The first-order chi connectivity index (χ1) is 13.9. The first-order valence-corrected chi connectivity index (χ1v) is 10.4. The summed E-state index contributed by atoms with van der Waals surface area (Å²) in [5.41, 5.74) is 6.53. The van der Waals surface area contributed by atoms with Crippen LogP contribution in [0.3, 0.4) is 0 Å². The van der Waals surface area contributed by atoms with Crippen LogP contribution in [0.4, 0.5) is 4.79 Å². The number of amidine groups is 1. The van der Waals surface area contributed by atoms with Gasteiger partial charge in [-0.3, -0.25) is 5.41 Å². The molecule has 4 saturated carbocycles. The molecule has 1 aromatic carbocycles. The second-order valence-corrected chi connectivity index (χ2v) is 9.03. The molecule has 7 heteroatoms. The Balaban J connectivity index is 1.43. The van der Waals surface area contributed by atoms with Crippen molar-refractivity contribution in [2.45, 2.75) is 56.6 Å². The van der Waals surface area contributed by atoms with Crippen LogP contribution in [0, 0.1) is 23.2 Å². The molecular formula is C22H29N3O4. The molecule has 1 aromatic rings. The molecule has 0 unspecified atom stereocenters. The maximum Gasteiger partial charge on any atom is 0.408 e. The third kappa shape index (κ3) is 4.23. The molecule has 1 amide bonds. The highest BCUT2D eigenvalue weighted by atomic mass is 16.6. The number of hydrogen-bond donors (Lipinski definition) is 3. The fourth-order valence-electron chi connectivity index (χ4n) is 5.96. The number of nitrogens with two attached hydrogens (primary N) is 1. The van der Waals surface area contributed by atoms with Crippen molar-refractivity contribution in [3.63, 3.8) is 0 Å². The van der Waals surface area contributed by atoms with E-state index in [-0.39, 0.29) is 17.9 Å². The van der Waals surface area contributed by atoms with Crippen LogP contribution in [0.25, 0.3) is 0 Å². The van der Waals surface area contributed by atoms with Crippen LogP contribution in [0.2, 0.25) is 0 Å². The number of carbonyl (C=O) groups excluding carboxylic acids is 2. The molecule has 0 aliphatic heterocycles. The van der Waals surface area contributed by atoms with E-state index in [1.807, 2.05) is 6.07 Å². The molecule has 4 N–H and O–H groups in total. The van der Waals surface area contributed by atoms with Gasteiger partial charge >= 0.3 is 12.1 Å². The van der Waals surface area contributed by atoms with E-state index >= 15 is 0 Å². The first-order valence-electron chi connectivity index (χ1n) is 10.4. The summed E-state index contributed by atoms with van der Waals surface area (Å²) in [6, 6.07) is 6.21. The lowest BCUT2D eigenvalue weighted by molar-refractivity contribution is -0.144. The number of ether oxygens (including phenoxy) is 2. The number of amides is 1. The Morgan fingerprint density at radius 2 is 1.83 bits per heavy atom. The van der Waals surface area contributed by atoms with Crippen molar-refractivity contribution in [2.75, 3.05) is 7.11 Å². The van der Waals surface area contributed by atoms with E-state index in [9.17, 15) is 9.59 Å². The van der Waals surface area contributed by atoms with Crippen molar-refractivity contribution in [3.05, 3.63) is 35.4 Å². The van der Waals surface area contributed by atoms with Gasteiger partial charge in [0.15, 0.2) is 0 Å². The average Bonchev–Trinajstić information content (AvgIpc) is 2.65. The van der Waals surface area contributed by atoms with E-state index in [1.54, 1.807) is 18.2 Å². The number of esters is 1. The molecular weight excluding hydrogens is 370 g/mol. The molecule has 4 aliphatic carbocycles. The van der Waals surface area contributed by atoms with E-state index in [0.717, 1.165) is 24.8 Å². The second kappa shape index (κ2) is 7.69. The molecule has 0 radical (unpaired) electrons. The fourth-order valence-corrected chi connectivity index (χ4v) is 5.96. The molecule has 0 heterocycles. The Kier molecular flexibility index (Phi) is 5.23. The van der Waals surface area contributed by atoms with Gasteiger partial charge in [0, 0.05) is 12.0 Å². The monoisotopic (exact) mass is 399 g/mol. The van der Waals surface area contributed by atoms with Crippen molar-refractivity contribution in [3.8, 4) is 0 Å². The number of benzene rings is 1. The maximum absolute atomic E-state index is 12.7. The van der Waals surface area contributed by atoms with Crippen LogP contribution in [-0.4, -0.2) is 36.7 Å². The summed E-state index contributed by atoms with van der Waals surface area (Å²) in [7, 11) is 1.30. The van der Waals surface area contributed by atoms with Gasteiger partial charge in [0.05, 0.1) is 7.11 Å². The van der Waals surface area contributed by atoms with E-state index < -0.39 is 18.1 Å². The Hall–Kier alpha value is -2.57. The maximum atomic E-state index is 12.7. The molecule has 29 heavy (non-hydrogen) atoms. The number of nitrogens with one attached hydrogen (secondary N) is 2. The normalized spacial score (nSPS) is 30.4. The summed E-state index contributed by atoms with van der Waals surface area (Å²) in [4.78, 5) is 25.0. The first kappa shape index (κ1) is 19.7. The minimum absolute atomic E-state index is 0.0457. The minimum Gasteiger partial charge on any atom is -0.467 e. The smallest absolute Gasteiger partial charge is 0.408 e. The van der Waals surface area contributed by atoms with Gasteiger partial charge in [0.2, 0.25) is 0 Å². The van der Waals surface area contributed by atoms with Gasteiger partial charge in [0.1, 0.15) is 17.5 Å². The van der Waals surface area contributed by atoms with Gasteiger partial charge < -0.3 is 20.5 Å². The predicted octanol–water partition coefficient (Wildman–Crippen LogP) is 2.75. The molecule has 0 aromatic heterocycles. The summed E-state index contributed by atoms with van der Waals surface area (Å²) < 4.78 is 10.8. The molecule has 156 valence electrons. The largest absolute Gasteiger partial charge is 0.467 e. The van der Waals surface area contributed by atoms with Gasteiger partial charge in [-0.15, -0.1) is 0 Å². The van der Waals surface area contributed by atoms with Crippen LogP contribution >= 0.6 is 0 Å². The molecule has 0 saturated heterocycles. The van der Waals surface area contributed by atoms with Crippen molar-refractivity contribution in [1.82, 2.24) is 5.32 Å². The van der Waals surface area contributed by atoms with Crippen molar-refractivity contribution >= 4 is 17.9 Å². The third-order valence-electron chi connectivity index (χ3n) is 6.75. The standard InChI is InChI=1S/C22H29N3O4/c1-28-20(26)18(9-13-3-2-4-17(8-13)19(23)24)25-21(27)29-22-10-14-5-15(11-22)7-16(6-14)12-22/h2-4,8,14-16,18H,5-7,9-12H2,1H3,(H3,23,24)(H,25,27)/t14?,15?,16?,18-,22?/m1/s1. The van der Waals surface area contributed by atoms with Crippen LogP contribution in [0.5, 0.6) is 0 Å². The topological polar surface area (TPSA) is 115 Å². The number of alkyl carbamates (subject to hydrolysis) is 1. The number of hydrogen-bond acceptors (Lipinski definition) is 5. The number of rotatable bonds is 6. The van der Waals surface area contributed by atoms with E-state index in [0.29, 0.717) is 23.3 Å². The molecule has 0 spiro atoms. The molecule has 5 rings (SSSR count). The fraction of sp³-hybridized carbons (Fsp3) is 0.591. The molecule has 7 nitrogen and oxygen atoms in total. The zero-order chi connectivity index (χ0) is 20.6. The average molecular weight is 399 g/mol. The summed E-state index contributed by atoms with van der Waals surface area (Å²) in [6.07, 6.45) is 6.31. The lowest BCUT2D eigenvalue weighted by Gasteiger charge is -2.55. The molecule has 4 aliphatic rings. The van der Waals surface area contributed by atoms with E-state index in [4.69, 9.17) is 20.6 Å². The van der Waals surface area contributed by atoms with Crippen LogP contribution in [0.15, 0.2) is 24.3 Å². The molecule has 1 atom stereocenters. The van der Waals surface area contributed by atoms with Gasteiger partial charge in [-0.2, -0.15) is 0 Å². The SMILES string of the molecule is COC(=O)[C@@H](Cc1cccc(C(=N)N)c1)NC(=O)OC12CC3CC(CC(C3)C1)C2. The van der Waals surface area contributed by atoms with Crippen molar-refractivity contribution in [2.24, 2.45) is 23.5 Å². The Labute approximate surface area is 170 Å². The quantitative estimate of drug-likeness (QED) is 0.387. The third-order valence-corrected chi connectivity index (χ3v) is 6.75. The zero-order valence-corrected chi connectivity index (χ0v) is 16.8. The van der Waals surface area contributed by atoms with Gasteiger partial charge in [0.25, 0.3) is 0 Å². The highest BCUT2D eigenvalue weighted by molar-refractivity contribution is 5.95. The van der Waals surface area contributed by atoms with Crippen molar-refractivity contribution < 1.29 is 19.1 Å². The number of carbonyl (C=O) groups is 2. The Bertz CT molecular complexity index is 787. The van der Waals surface area contributed by atoms with Crippen LogP contribution in [0.1, 0.15) is 49.7 Å². The van der Waals surface area contributed by atoms with E-state index in [2.05, 4.69) is 5.32 Å². The van der Waals surface area contributed by atoms with Gasteiger partial charge in [-0.05, 0) is 67.9 Å². The van der Waals surface area contributed by atoms with Crippen molar-refractivity contribution in [1.29, 1.82) is 5.41 Å². The van der Waals surface area contributed by atoms with E-state index in [1.165, 1.54) is 26.4 Å². The number of methoxy groups -OCH3 is 1. The highest BCUT2D eigenvalue weighted by Crippen LogP contribution is 2.57. The number of nitrogen functional groups attached to an aromatic ring is 1. The zero-order valence-electron chi connectivity index (χ0n) is 16.8. The summed E-state index contributed by atoms with van der Waals surface area (Å²) in [5, 5.41) is 10.3. The Morgan fingerprint density at radius 1 is 1.21 bits per heavy atom.